The molecule has 1 aliphatic carbocycles. The average molecular weight is 360 g/mol. The maximum atomic E-state index is 13.3. The molecule has 134 valence electrons. The molecule has 25 heavy (non-hydrogen) atoms. The number of hydrogen-bond acceptors (Lipinski definition) is 4. The molecule has 3 rings (SSSR count). The number of hydrogen-bond donors (Lipinski definition) is 1. The Labute approximate surface area is 149 Å². The van der Waals surface area contributed by atoms with Crippen LogP contribution in [0, 0.1) is 6.92 Å². The van der Waals surface area contributed by atoms with Crippen LogP contribution in [0.25, 0.3) is 0 Å². The van der Waals surface area contributed by atoms with Crippen LogP contribution in [0.5, 0.6) is 0 Å². The molecule has 0 bridgehead atoms. The van der Waals surface area contributed by atoms with Crippen LogP contribution < -0.4 is 0 Å². The summed E-state index contributed by atoms with van der Waals surface area (Å²) in [7, 11) is -3.72. The topological polar surface area (TPSA) is 70.5 Å². The molecule has 0 unspecified atom stereocenters. The number of pyridine rings is 1. The predicted octanol–water partition coefficient (Wildman–Crippen LogP) is 2.88. The average Bonchev–Trinajstić information content (AvgIpc) is 2.62. The molecule has 1 heterocycles. The van der Waals surface area contributed by atoms with E-state index in [1.807, 2.05) is 19.1 Å². The molecule has 1 aromatic carbocycles. The highest BCUT2D eigenvalue weighted by molar-refractivity contribution is 7.89. The number of aliphatic hydroxyl groups excluding tert-OH is 1. The van der Waals surface area contributed by atoms with Gasteiger partial charge in [-0.2, -0.15) is 4.31 Å². The Bertz CT molecular complexity index is 791. The molecule has 1 fully saturated rings. The summed E-state index contributed by atoms with van der Waals surface area (Å²) in [6.45, 7) is 2.09. The summed E-state index contributed by atoms with van der Waals surface area (Å²) >= 11 is 0. The van der Waals surface area contributed by atoms with Gasteiger partial charge in [0.25, 0.3) is 0 Å². The van der Waals surface area contributed by atoms with Crippen molar-refractivity contribution >= 4 is 10.0 Å². The van der Waals surface area contributed by atoms with Crippen molar-refractivity contribution in [2.24, 2.45) is 0 Å². The van der Waals surface area contributed by atoms with E-state index >= 15 is 0 Å². The molecular weight excluding hydrogens is 336 g/mol. The number of benzene rings is 1. The maximum absolute atomic E-state index is 13.3. The van der Waals surface area contributed by atoms with Crippen LogP contribution in [-0.2, 0) is 16.6 Å². The normalized spacial score (nSPS) is 21.4. The van der Waals surface area contributed by atoms with E-state index in [1.165, 1.54) is 4.31 Å². The molecule has 0 saturated heterocycles. The van der Waals surface area contributed by atoms with Crippen LogP contribution in [0.15, 0.2) is 53.6 Å². The van der Waals surface area contributed by atoms with Crippen molar-refractivity contribution in [3.63, 3.8) is 0 Å². The highest BCUT2D eigenvalue weighted by Gasteiger charge is 2.37. The Morgan fingerprint density at radius 1 is 1.12 bits per heavy atom. The van der Waals surface area contributed by atoms with Gasteiger partial charge in [-0.25, -0.2) is 8.42 Å². The van der Waals surface area contributed by atoms with Crippen LogP contribution in [0.4, 0.5) is 0 Å². The largest absolute Gasteiger partial charge is 0.391 e. The molecule has 0 aliphatic heterocycles. The first kappa shape index (κ1) is 18.0. The Morgan fingerprint density at radius 2 is 1.84 bits per heavy atom. The minimum Gasteiger partial charge on any atom is -0.391 e. The van der Waals surface area contributed by atoms with Crippen LogP contribution in [0.1, 0.15) is 36.9 Å². The van der Waals surface area contributed by atoms with E-state index in [9.17, 15) is 13.5 Å². The molecular formula is C19H24N2O3S. The van der Waals surface area contributed by atoms with Gasteiger partial charge < -0.3 is 5.11 Å². The minimum atomic E-state index is -3.72. The van der Waals surface area contributed by atoms with Crippen molar-refractivity contribution in [1.82, 2.24) is 9.29 Å². The van der Waals surface area contributed by atoms with Gasteiger partial charge >= 0.3 is 0 Å². The Hall–Kier alpha value is -1.76. The van der Waals surface area contributed by atoms with Crippen LogP contribution >= 0.6 is 0 Å². The lowest BCUT2D eigenvalue weighted by Crippen LogP contribution is -2.48. The lowest BCUT2D eigenvalue weighted by Gasteiger charge is -2.36. The summed E-state index contributed by atoms with van der Waals surface area (Å²) in [6, 6.07) is 11.9. The molecule has 0 amide bonds. The van der Waals surface area contributed by atoms with E-state index in [-0.39, 0.29) is 11.4 Å². The summed E-state index contributed by atoms with van der Waals surface area (Å²) < 4.78 is 28.0. The van der Waals surface area contributed by atoms with Crippen LogP contribution in [0.3, 0.4) is 0 Å². The maximum Gasteiger partial charge on any atom is 0.243 e. The summed E-state index contributed by atoms with van der Waals surface area (Å²) in [5, 5.41) is 10.4. The fourth-order valence-corrected chi connectivity index (χ4v) is 4.96. The first-order valence-electron chi connectivity index (χ1n) is 8.65. The SMILES string of the molecule is Cc1ccc(S(=O)(=O)N(Cc2ccccn2)[C@H]2CCCC[C@@H]2O)cc1. The minimum absolute atomic E-state index is 0.165. The van der Waals surface area contributed by atoms with Crippen molar-refractivity contribution in [2.75, 3.05) is 0 Å². The molecule has 2 aromatic rings. The van der Waals surface area contributed by atoms with E-state index in [4.69, 9.17) is 0 Å². The van der Waals surface area contributed by atoms with Gasteiger partial charge in [-0.05, 0) is 44.0 Å². The van der Waals surface area contributed by atoms with Gasteiger partial charge in [0.05, 0.1) is 29.3 Å². The summed E-state index contributed by atoms with van der Waals surface area (Å²) in [5.41, 5.74) is 1.68. The third-order valence-corrected chi connectivity index (χ3v) is 6.62. The van der Waals surface area contributed by atoms with E-state index < -0.39 is 22.2 Å². The van der Waals surface area contributed by atoms with E-state index in [0.717, 1.165) is 18.4 Å². The first-order chi connectivity index (χ1) is 12.0. The second-order valence-electron chi connectivity index (χ2n) is 6.60. The molecule has 0 spiro atoms. The monoisotopic (exact) mass is 360 g/mol. The zero-order valence-corrected chi connectivity index (χ0v) is 15.2. The van der Waals surface area contributed by atoms with Crippen molar-refractivity contribution < 1.29 is 13.5 Å². The number of aryl methyl sites for hydroxylation is 1. The fourth-order valence-electron chi connectivity index (χ4n) is 3.31. The number of rotatable bonds is 5. The molecule has 5 nitrogen and oxygen atoms in total. The fraction of sp³-hybridized carbons (Fsp3) is 0.421. The van der Waals surface area contributed by atoms with Gasteiger partial charge in [-0.15, -0.1) is 0 Å². The Morgan fingerprint density at radius 3 is 2.48 bits per heavy atom. The van der Waals surface area contributed by atoms with Gasteiger partial charge in [0.15, 0.2) is 0 Å². The molecule has 1 aromatic heterocycles. The number of aromatic nitrogens is 1. The third kappa shape index (κ3) is 4.08. The Balaban J connectivity index is 1.98. The lowest BCUT2D eigenvalue weighted by molar-refractivity contribution is 0.0530. The summed E-state index contributed by atoms with van der Waals surface area (Å²) in [6.07, 6.45) is 4.16. The highest BCUT2D eigenvalue weighted by atomic mass is 32.2. The number of nitrogens with zero attached hydrogens (tertiary/aromatic N) is 2. The van der Waals surface area contributed by atoms with E-state index in [1.54, 1.807) is 36.5 Å². The van der Waals surface area contributed by atoms with E-state index in [2.05, 4.69) is 4.98 Å². The van der Waals surface area contributed by atoms with Crippen LogP contribution in [0.2, 0.25) is 0 Å². The number of aliphatic hydroxyl groups is 1. The Kier molecular flexibility index (Phi) is 5.51. The molecule has 6 heteroatoms. The van der Waals surface area contributed by atoms with Crippen molar-refractivity contribution in [1.29, 1.82) is 0 Å². The van der Waals surface area contributed by atoms with Gasteiger partial charge in [0.2, 0.25) is 10.0 Å². The van der Waals surface area contributed by atoms with Gasteiger partial charge in [0, 0.05) is 6.20 Å². The summed E-state index contributed by atoms with van der Waals surface area (Å²) in [4.78, 5) is 4.53. The van der Waals surface area contributed by atoms with Crippen molar-refractivity contribution in [2.45, 2.75) is 56.2 Å². The molecule has 1 aliphatic rings. The van der Waals surface area contributed by atoms with Crippen molar-refractivity contribution in [3.8, 4) is 0 Å². The molecule has 0 radical (unpaired) electrons. The first-order valence-corrected chi connectivity index (χ1v) is 10.1. The smallest absolute Gasteiger partial charge is 0.243 e. The van der Waals surface area contributed by atoms with Crippen molar-refractivity contribution in [3.05, 3.63) is 59.9 Å². The zero-order chi connectivity index (χ0) is 17.9. The zero-order valence-electron chi connectivity index (χ0n) is 14.4. The van der Waals surface area contributed by atoms with Gasteiger partial charge in [-0.3, -0.25) is 4.98 Å². The standard InChI is InChI=1S/C19H24N2O3S/c1-15-9-11-17(12-10-15)25(23,24)21(14-16-6-4-5-13-20-16)18-7-2-3-8-19(18)22/h4-6,9-13,18-19,22H,2-3,7-8,14H2,1H3/t18-,19-/m0/s1. The quantitative estimate of drug-likeness (QED) is 0.890. The van der Waals surface area contributed by atoms with Gasteiger partial charge in [0.1, 0.15) is 0 Å². The van der Waals surface area contributed by atoms with Crippen LogP contribution in [-0.4, -0.2) is 35.0 Å². The third-order valence-electron chi connectivity index (χ3n) is 4.74. The highest BCUT2D eigenvalue weighted by Crippen LogP contribution is 2.29. The molecule has 1 saturated carbocycles. The van der Waals surface area contributed by atoms with Gasteiger partial charge in [-0.1, -0.05) is 36.6 Å². The second-order valence-corrected chi connectivity index (χ2v) is 8.49. The predicted molar refractivity (Wildman–Crippen MR) is 96.4 cm³/mol. The summed E-state index contributed by atoms with van der Waals surface area (Å²) in [5.74, 6) is 0. The molecule has 1 N–H and O–H groups in total. The molecule has 2 atom stereocenters. The lowest BCUT2D eigenvalue weighted by atomic mass is 9.92. The second kappa shape index (κ2) is 7.64. The number of sulfonamides is 1. The van der Waals surface area contributed by atoms with E-state index in [0.29, 0.717) is 18.5 Å².